The lowest BCUT2D eigenvalue weighted by atomic mass is 10.1. The number of amides is 1. The van der Waals surface area contributed by atoms with Crippen molar-refractivity contribution in [3.05, 3.63) is 95.4 Å². The Hall–Kier alpha value is -3.49. The van der Waals surface area contributed by atoms with Gasteiger partial charge in [-0.05, 0) is 59.7 Å². The molecule has 1 aliphatic carbocycles. The Balaban J connectivity index is 1.27. The van der Waals surface area contributed by atoms with E-state index >= 15 is 0 Å². The number of rotatable bonds is 6. The van der Waals surface area contributed by atoms with Crippen LogP contribution in [0.15, 0.2) is 83.9 Å². The number of carbonyl (C=O) groups excluding carboxylic acids is 1. The first kappa shape index (κ1) is 22.3. The zero-order chi connectivity index (χ0) is 23.9. The molecule has 0 spiro atoms. The van der Waals surface area contributed by atoms with Gasteiger partial charge in [0.2, 0.25) is 5.91 Å². The van der Waals surface area contributed by atoms with E-state index in [4.69, 9.17) is 11.6 Å². The predicted octanol–water partition coefficient (Wildman–Crippen LogP) is 5.57. The van der Waals surface area contributed by atoms with E-state index < -0.39 is 15.8 Å². The Morgan fingerprint density at radius 3 is 2.53 bits per heavy atom. The Morgan fingerprint density at radius 1 is 1.00 bits per heavy atom. The van der Waals surface area contributed by atoms with E-state index in [1.54, 1.807) is 54.6 Å². The fourth-order valence-electron chi connectivity index (χ4n) is 3.98. The summed E-state index contributed by atoms with van der Waals surface area (Å²) >= 11 is 6.14. The van der Waals surface area contributed by atoms with Crippen molar-refractivity contribution < 1.29 is 17.6 Å². The molecule has 0 aliphatic heterocycles. The second-order valence-corrected chi connectivity index (χ2v) is 10.2. The molecule has 3 aromatic carbocycles. The van der Waals surface area contributed by atoms with E-state index in [1.165, 1.54) is 24.4 Å². The van der Waals surface area contributed by atoms with E-state index in [9.17, 15) is 17.6 Å². The SMILES string of the molecule is O=C(Nc1ccc2cccc(Cl)c2c1F)[C@@H]1CC1c1ccc(S(=O)(=O)Nc2ccccn2)cc1. The molecule has 2 N–H and O–H groups in total. The fourth-order valence-corrected chi connectivity index (χ4v) is 5.25. The van der Waals surface area contributed by atoms with Crippen molar-refractivity contribution in [2.75, 3.05) is 10.0 Å². The number of hydrogen-bond acceptors (Lipinski definition) is 4. The first-order valence-corrected chi connectivity index (χ1v) is 12.4. The number of carbonyl (C=O) groups is 1. The first-order chi connectivity index (χ1) is 16.3. The molecule has 5 rings (SSSR count). The highest BCUT2D eigenvalue weighted by Crippen LogP contribution is 2.48. The Bertz CT molecular complexity index is 1500. The molecule has 1 aliphatic rings. The number of halogens is 2. The molecule has 0 bridgehead atoms. The van der Waals surface area contributed by atoms with Gasteiger partial charge in [0.15, 0.2) is 5.82 Å². The smallest absolute Gasteiger partial charge is 0.263 e. The summed E-state index contributed by atoms with van der Waals surface area (Å²) in [7, 11) is -3.78. The van der Waals surface area contributed by atoms with Crippen molar-refractivity contribution in [1.82, 2.24) is 4.98 Å². The van der Waals surface area contributed by atoms with Gasteiger partial charge in [0.05, 0.1) is 15.6 Å². The molecule has 0 radical (unpaired) electrons. The van der Waals surface area contributed by atoms with Crippen molar-refractivity contribution in [3.63, 3.8) is 0 Å². The summed E-state index contributed by atoms with van der Waals surface area (Å²) in [4.78, 5) is 16.8. The van der Waals surface area contributed by atoms with Crippen LogP contribution in [0.2, 0.25) is 5.02 Å². The maximum Gasteiger partial charge on any atom is 0.263 e. The lowest BCUT2D eigenvalue weighted by molar-refractivity contribution is -0.117. The normalized spacial score (nSPS) is 17.4. The van der Waals surface area contributed by atoms with Crippen molar-refractivity contribution in [2.45, 2.75) is 17.2 Å². The molecule has 2 atom stereocenters. The molecule has 1 unspecified atom stereocenters. The molecular formula is C25H19ClFN3O3S. The van der Waals surface area contributed by atoms with E-state index in [-0.39, 0.29) is 44.6 Å². The monoisotopic (exact) mass is 495 g/mol. The summed E-state index contributed by atoms with van der Waals surface area (Å²) in [6.07, 6.45) is 2.09. The number of benzene rings is 3. The number of fused-ring (bicyclic) bond motifs is 1. The van der Waals surface area contributed by atoms with Crippen molar-refractivity contribution in [2.24, 2.45) is 5.92 Å². The average molecular weight is 496 g/mol. The summed E-state index contributed by atoms with van der Waals surface area (Å²) in [6.45, 7) is 0. The maximum atomic E-state index is 14.9. The van der Waals surface area contributed by atoms with Gasteiger partial charge in [0.1, 0.15) is 5.82 Å². The molecular weight excluding hydrogens is 477 g/mol. The Kier molecular flexibility index (Phi) is 5.71. The molecule has 6 nitrogen and oxygen atoms in total. The van der Waals surface area contributed by atoms with Gasteiger partial charge in [-0.15, -0.1) is 0 Å². The van der Waals surface area contributed by atoms with Crippen molar-refractivity contribution in [1.29, 1.82) is 0 Å². The second-order valence-electron chi connectivity index (χ2n) is 8.09. The quantitative estimate of drug-likeness (QED) is 0.366. The molecule has 1 saturated carbocycles. The van der Waals surface area contributed by atoms with Crippen LogP contribution in [0.4, 0.5) is 15.9 Å². The number of nitrogens with zero attached hydrogens (tertiary/aromatic N) is 1. The van der Waals surface area contributed by atoms with Crippen LogP contribution in [0.3, 0.4) is 0 Å². The molecule has 1 fully saturated rings. The molecule has 4 aromatic rings. The Labute approximate surface area is 200 Å². The minimum absolute atomic E-state index is 0.0624. The number of anilines is 2. The molecule has 0 saturated heterocycles. The second kappa shape index (κ2) is 8.70. The van der Waals surface area contributed by atoms with Crippen LogP contribution < -0.4 is 10.0 Å². The summed E-state index contributed by atoms with van der Waals surface area (Å²) in [6, 6.07) is 19.7. The van der Waals surface area contributed by atoms with Crippen LogP contribution in [0.25, 0.3) is 10.8 Å². The highest BCUT2D eigenvalue weighted by molar-refractivity contribution is 7.92. The van der Waals surface area contributed by atoms with Gasteiger partial charge >= 0.3 is 0 Å². The van der Waals surface area contributed by atoms with Gasteiger partial charge in [0.25, 0.3) is 10.0 Å². The number of aromatic nitrogens is 1. The van der Waals surface area contributed by atoms with Gasteiger partial charge < -0.3 is 5.32 Å². The lowest BCUT2D eigenvalue weighted by Crippen LogP contribution is -2.16. The molecule has 1 heterocycles. The zero-order valence-electron chi connectivity index (χ0n) is 17.7. The van der Waals surface area contributed by atoms with E-state index in [0.29, 0.717) is 11.8 Å². The van der Waals surface area contributed by atoms with Crippen molar-refractivity contribution >= 4 is 49.8 Å². The predicted molar refractivity (Wildman–Crippen MR) is 130 cm³/mol. The van der Waals surface area contributed by atoms with Crippen molar-refractivity contribution in [3.8, 4) is 0 Å². The molecule has 9 heteroatoms. The van der Waals surface area contributed by atoms with E-state index in [2.05, 4.69) is 15.0 Å². The first-order valence-electron chi connectivity index (χ1n) is 10.5. The third kappa shape index (κ3) is 4.34. The highest BCUT2D eigenvalue weighted by atomic mass is 35.5. The number of hydrogen-bond donors (Lipinski definition) is 2. The van der Waals surface area contributed by atoms with Crippen LogP contribution in [-0.4, -0.2) is 19.3 Å². The summed E-state index contributed by atoms with van der Waals surface area (Å²) in [5, 5.41) is 3.87. The zero-order valence-corrected chi connectivity index (χ0v) is 19.3. The van der Waals surface area contributed by atoms with Crippen LogP contribution >= 0.6 is 11.6 Å². The maximum absolute atomic E-state index is 14.9. The van der Waals surface area contributed by atoms with Crippen LogP contribution in [0.1, 0.15) is 17.9 Å². The number of sulfonamides is 1. The van der Waals surface area contributed by atoms with E-state index in [0.717, 1.165) is 5.56 Å². The lowest BCUT2D eigenvalue weighted by Gasteiger charge is -2.10. The number of pyridine rings is 1. The Morgan fingerprint density at radius 2 is 1.79 bits per heavy atom. The van der Waals surface area contributed by atoms with Crippen LogP contribution in [0, 0.1) is 11.7 Å². The standard InChI is InChI=1S/C25H19ClFN3O3S/c26-20-5-3-4-16-9-12-21(24(27)23(16)20)29-25(31)19-14-18(19)15-7-10-17(11-8-15)34(32,33)30-22-6-1-2-13-28-22/h1-13,18-19H,14H2,(H,28,30)(H,29,31)/t18?,19-/m1/s1. The largest absolute Gasteiger partial charge is 0.323 e. The topological polar surface area (TPSA) is 88.2 Å². The summed E-state index contributed by atoms with van der Waals surface area (Å²) < 4.78 is 42.5. The molecule has 172 valence electrons. The van der Waals surface area contributed by atoms with Gasteiger partial charge in [-0.1, -0.05) is 48.0 Å². The van der Waals surface area contributed by atoms with Gasteiger partial charge in [-0.2, -0.15) is 0 Å². The third-order valence-electron chi connectivity index (χ3n) is 5.84. The highest BCUT2D eigenvalue weighted by Gasteiger charge is 2.44. The molecule has 1 aromatic heterocycles. The van der Waals surface area contributed by atoms with Gasteiger partial charge in [-0.25, -0.2) is 17.8 Å². The molecule has 34 heavy (non-hydrogen) atoms. The van der Waals surface area contributed by atoms with E-state index in [1.807, 2.05) is 0 Å². The minimum atomic E-state index is -3.78. The number of nitrogens with one attached hydrogen (secondary N) is 2. The van der Waals surface area contributed by atoms with Crippen LogP contribution in [0.5, 0.6) is 0 Å². The van der Waals surface area contributed by atoms with Gasteiger partial charge in [0, 0.05) is 17.5 Å². The summed E-state index contributed by atoms with van der Waals surface area (Å²) in [5.41, 5.74) is 0.928. The van der Waals surface area contributed by atoms with Crippen LogP contribution in [-0.2, 0) is 14.8 Å². The summed E-state index contributed by atoms with van der Waals surface area (Å²) in [5.74, 6) is -1.01. The average Bonchev–Trinajstić information content (AvgIpc) is 3.63. The van der Waals surface area contributed by atoms with Gasteiger partial charge in [-0.3, -0.25) is 9.52 Å². The minimum Gasteiger partial charge on any atom is -0.323 e. The third-order valence-corrected chi connectivity index (χ3v) is 7.52. The fraction of sp³-hybridized carbons (Fsp3) is 0.120. The molecule has 1 amide bonds.